The molecule has 1 aromatic carbocycles. The molecule has 1 saturated carbocycles. The van der Waals surface area contributed by atoms with Crippen molar-refractivity contribution < 1.29 is 4.39 Å². The van der Waals surface area contributed by atoms with Crippen molar-refractivity contribution in [3.63, 3.8) is 0 Å². The molecule has 0 heterocycles. The minimum Gasteiger partial charge on any atom is -0.306 e. The molecule has 0 spiro atoms. The standard InChI is InChI=1S/C11H12BrClFN/c12-9-5-8(1-2-10(9)14)6-15-11(7-13)3-4-11/h1-2,5,15H,3-4,6-7H2. The van der Waals surface area contributed by atoms with Gasteiger partial charge in [0.15, 0.2) is 0 Å². The smallest absolute Gasteiger partial charge is 0.137 e. The van der Waals surface area contributed by atoms with Crippen molar-refractivity contribution in [2.24, 2.45) is 0 Å². The van der Waals surface area contributed by atoms with E-state index in [1.54, 1.807) is 12.1 Å². The summed E-state index contributed by atoms with van der Waals surface area (Å²) in [5, 5.41) is 3.41. The zero-order chi connectivity index (χ0) is 10.9. The molecule has 82 valence electrons. The van der Waals surface area contributed by atoms with Gasteiger partial charge in [0.1, 0.15) is 5.82 Å². The molecular formula is C11H12BrClFN. The molecule has 0 atom stereocenters. The third-order valence-electron chi connectivity index (χ3n) is 2.76. The van der Waals surface area contributed by atoms with E-state index in [-0.39, 0.29) is 11.4 Å². The maximum absolute atomic E-state index is 13.0. The first-order chi connectivity index (χ1) is 7.15. The van der Waals surface area contributed by atoms with Gasteiger partial charge in [0.05, 0.1) is 4.47 Å². The van der Waals surface area contributed by atoms with Gasteiger partial charge < -0.3 is 5.32 Å². The van der Waals surface area contributed by atoms with E-state index in [0.29, 0.717) is 10.4 Å². The fourth-order valence-corrected chi connectivity index (χ4v) is 2.24. The Kier molecular flexibility index (Phi) is 3.33. The summed E-state index contributed by atoms with van der Waals surface area (Å²) in [5.41, 5.74) is 1.21. The van der Waals surface area contributed by atoms with Crippen molar-refractivity contribution >= 4 is 27.5 Å². The summed E-state index contributed by atoms with van der Waals surface area (Å²) < 4.78 is 13.5. The van der Waals surface area contributed by atoms with Crippen LogP contribution in [0.25, 0.3) is 0 Å². The zero-order valence-corrected chi connectivity index (χ0v) is 10.5. The van der Waals surface area contributed by atoms with Crippen LogP contribution in [0.1, 0.15) is 18.4 Å². The van der Waals surface area contributed by atoms with Gasteiger partial charge in [-0.2, -0.15) is 0 Å². The Hall–Kier alpha value is -0.120. The van der Waals surface area contributed by atoms with Crippen LogP contribution in [0.2, 0.25) is 0 Å². The summed E-state index contributed by atoms with van der Waals surface area (Å²) >= 11 is 9.02. The molecule has 0 unspecified atom stereocenters. The molecule has 0 saturated heterocycles. The highest BCUT2D eigenvalue weighted by molar-refractivity contribution is 9.10. The highest BCUT2D eigenvalue weighted by Gasteiger charge is 2.40. The lowest BCUT2D eigenvalue weighted by atomic mass is 10.2. The van der Waals surface area contributed by atoms with Crippen LogP contribution < -0.4 is 5.32 Å². The second-order valence-corrected chi connectivity index (χ2v) is 5.14. The van der Waals surface area contributed by atoms with Crippen molar-refractivity contribution in [3.05, 3.63) is 34.1 Å². The number of hydrogen-bond acceptors (Lipinski definition) is 1. The number of benzene rings is 1. The van der Waals surface area contributed by atoms with E-state index in [4.69, 9.17) is 11.6 Å². The summed E-state index contributed by atoms with van der Waals surface area (Å²) in [6, 6.07) is 5.06. The Morgan fingerprint density at radius 2 is 2.20 bits per heavy atom. The first kappa shape index (κ1) is 11.4. The van der Waals surface area contributed by atoms with Crippen LogP contribution in [0.4, 0.5) is 4.39 Å². The van der Waals surface area contributed by atoms with Crippen LogP contribution in [-0.4, -0.2) is 11.4 Å². The molecule has 1 aromatic rings. The second kappa shape index (κ2) is 4.40. The van der Waals surface area contributed by atoms with Crippen molar-refractivity contribution in [3.8, 4) is 0 Å². The third-order valence-corrected chi connectivity index (χ3v) is 3.88. The first-order valence-electron chi connectivity index (χ1n) is 4.90. The van der Waals surface area contributed by atoms with Gasteiger partial charge in [-0.25, -0.2) is 4.39 Å². The van der Waals surface area contributed by atoms with Gasteiger partial charge in [0, 0.05) is 18.0 Å². The number of alkyl halides is 1. The molecule has 1 aliphatic rings. The normalized spacial score (nSPS) is 17.8. The molecule has 0 radical (unpaired) electrons. The van der Waals surface area contributed by atoms with E-state index in [2.05, 4.69) is 21.2 Å². The van der Waals surface area contributed by atoms with Gasteiger partial charge in [-0.05, 0) is 46.5 Å². The third kappa shape index (κ3) is 2.71. The Labute approximate surface area is 102 Å². The Bertz CT molecular complexity index is 366. The predicted molar refractivity (Wildman–Crippen MR) is 63.6 cm³/mol. The topological polar surface area (TPSA) is 12.0 Å². The maximum atomic E-state index is 13.0. The molecule has 0 amide bonds. The molecule has 1 aliphatic carbocycles. The van der Waals surface area contributed by atoms with E-state index in [9.17, 15) is 4.39 Å². The lowest BCUT2D eigenvalue weighted by molar-refractivity contribution is 0.541. The monoisotopic (exact) mass is 291 g/mol. The van der Waals surface area contributed by atoms with Gasteiger partial charge in [0.25, 0.3) is 0 Å². The lowest BCUT2D eigenvalue weighted by Gasteiger charge is -2.13. The molecule has 15 heavy (non-hydrogen) atoms. The van der Waals surface area contributed by atoms with Gasteiger partial charge >= 0.3 is 0 Å². The molecule has 1 fully saturated rings. The Balaban J connectivity index is 1.96. The predicted octanol–water partition coefficient (Wildman–Crippen LogP) is 3.45. The number of hydrogen-bond donors (Lipinski definition) is 1. The van der Waals surface area contributed by atoms with Crippen LogP contribution in [0.15, 0.2) is 22.7 Å². The molecule has 4 heteroatoms. The second-order valence-electron chi connectivity index (χ2n) is 4.02. The first-order valence-corrected chi connectivity index (χ1v) is 6.23. The van der Waals surface area contributed by atoms with E-state index in [1.165, 1.54) is 6.07 Å². The fraction of sp³-hybridized carbons (Fsp3) is 0.455. The van der Waals surface area contributed by atoms with Crippen molar-refractivity contribution in [2.75, 3.05) is 5.88 Å². The van der Waals surface area contributed by atoms with Crippen molar-refractivity contribution in [1.29, 1.82) is 0 Å². The van der Waals surface area contributed by atoms with E-state index >= 15 is 0 Å². The maximum Gasteiger partial charge on any atom is 0.137 e. The average Bonchev–Trinajstić information content (AvgIpc) is 3.01. The average molecular weight is 293 g/mol. The number of halogens is 3. The quantitative estimate of drug-likeness (QED) is 0.838. The molecule has 0 bridgehead atoms. The van der Waals surface area contributed by atoms with Crippen LogP contribution >= 0.6 is 27.5 Å². The molecule has 2 rings (SSSR count). The van der Waals surface area contributed by atoms with Crippen LogP contribution in [0.5, 0.6) is 0 Å². The fourth-order valence-electron chi connectivity index (χ4n) is 1.45. The molecule has 0 aliphatic heterocycles. The van der Waals surface area contributed by atoms with Gasteiger partial charge in [-0.15, -0.1) is 11.6 Å². The molecule has 0 aromatic heterocycles. The molecular weight excluding hydrogens is 280 g/mol. The lowest BCUT2D eigenvalue weighted by Crippen LogP contribution is -2.32. The molecule has 1 N–H and O–H groups in total. The van der Waals surface area contributed by atoms with E-state index in [1.807, 2.05) is 0 Å². The van der Waals surface area contributed by atoms with E-state index < -0.39 is 0 Å². The number of nitrogens with one attached hydrogen (secondary N) is 1. The highest BCUT2D eigenvalue weighted by Crippen LogP contribution is 2.36. The van der Waals surface area contributed by atoms with Gasteiger partial charge in [0.2, 0.25) is 0 Å². The van der Waals surface area contributed by atoms with Gasteiger partial charge in [-0.1, -0.05) is 6.07 Å². The van der Waals surface area contributed by atoms with Crippen LogP contribution in [-0.2, 0) is 6.54 Å². The summed E-state index contributed by atoms with van der Waals surface area (Å²) in [5.74, 6) is 0.423. The van der Waals surface area contributed by atoms with Crippen LogP contribution in [0.3, 0.4) is 0 Å². The Morgan fingerprint density at radius 1 is 1.47 bits per heavy atom. The van der Waals surface area contributed by atoms with Gasteiger partial charge in [-0.3, -0.25) is 0 Å². The minimum absolute atomic E-state index is 0.141. The highest BCUT2D eigenvalue weighted by atomic mass is 79.9. The summed E-state index contributed by atoms with van der Waals surface area (Å²) in [4.78, 5) is 0. The summed E-state index contributed by atoms with van der Waals surface area (Å²) in [6.07, 6.45) is 2.28. The SMILES string of the molecule is Fc1ccc(CNC2(CCl)CC2)cc1Br. The summed E-state index contributed by atoms with van der Waals surface area (Å²) in [7, 11) is 0. The van der Waals surface area contributed by atoms with Crippen LogP contribution in [0, 0.1) is 5.82 Å². The minimum atomic E-state index is -0.225. The number of rotatable bonds is 4. The Morgan fingerprint density at radius 3 is 2.73 bits per heavy atom. The van der Waals surface area contributed by atoms with Crippen molar-refractivity contribution in [2.45, 2.75) is 24.9 Å². The summed E-state index contributed by atoms with van der Waals surface area (Å²) in [6.45, 7) is 0.742. The van der Waals surface area contributed by atoms with Crippen molar-refractivity contribution in [1.82, 2.24) is 5.32 Å². The molecule has 1 nitrogen and oxygen atoms in total. The van der Waals surface area contributed by atoms with E-state index in [0.717, 1.165) is 24.9 Å². The zero-order valence-electron chi connectivity index (χ0n) is 8.19. The largest absolute Gasteiger partial charge is 0.306 e.